The zero-order valence-electron chi connectivity index (χ0n) is 18.6. The van der Waals surface area contributed by atoms with Crippen molar-refractivity contribution < 1.29 is 20.1 Å². The van der Waals surface area contributed by atoms with Crippen molar-refractivity contribution in [2.24, 2.45) is 5.92 Å². The predicted molar refractivity (Wildman–Crippen MR) is 120 cm³/mol. The molecule has 4 N–H and O–H groups in total. The molecule has 1 saturated carbocycles. The quantitative estimate of drug-likeness (QED) is 0.556. The summed E-state index contributed by atoms with van der Waals surface area (Å²) in [5.74, 6) is 1.32. The summed E-state index contributed by atoms with van der Waals surface area (Å²) < 4.78 is 0. The molecule has 172 valence electrons. The van der Waals surface area contributed by atoms with E-state index >= 15 is 0 Å². The maximum atomic E-state index is 12.7. The highest BCUT2D eigenvalue weighted by atomic mass is 16.3. The third-order valence-corrected chi connectivity index (χ3v) is 7.87. The van der Waals surface area contributed by atoms with Gasteiger partial charge in [-0.1, -0.05) is 31.9 Å². The molecule has 1 aliphatic carbocycles. The molecule has 31 heavy (non-hydrogen) atoms. The molecular formula is C25H38N2O4. The lowest BCUT2D eigenvalue weighted by Crippen LogP contribution is -2.52. The second-order valence-electron chi connectivity index (χ2n) is 9.82. The van der Waals surface area contributed by atoms with Crippen molar-refractivity contribution in [1.29, 1.82) is 0 Å². The van der Waals surface area contributed by atoms with Crippen LogP contribution in [0.5, 0.6) is 0 Å². The van der Waals surface area contributed by atoms with Crippen LogP contribution in [0, 0.1) is 5.92 Å². The molecule has 4 rings (SSSR count). The van der Waals surface area contributed by atoms with Gasteiger partial charge in [-0.2, -0.15) is 0 Å². The van der Waals surface area contributed by atoms with E-state index in [9.17, 15) is 20.1 Å². The molecule has 6 nitrogen and oxygen atoms in total. The van der Waals surface area contributed by atoms with E-state index in [1.54, 1.807) is 0 Å². The molecule has 3 fully saturated rings. The first-order valence-electron chi connectivity index (χ1n) is 12.2. The maximum Gasteiger partial charge on any atom is 0.251 e. The molecule has 3 aliphatic rings. The molecular weight excluding hydrogens is 392 g/mol. The van der Waals surface area contributed by atoms with Gasteiger partial charge in [0.05, 0.1) is 30.4 Å². The molecule has 0 aromatic heterocycles. The van der Waals surface area contributed by atoms with Crippen molar-refractivity contribution in [3.05, 3.63) is 35.4 Å². The lowest BCUT2D eigenvalue weighted by Gasteiger charge is -2.37. The minimum Gasteiger partial charge on any atom is -0.391 e. The molecule has 6 heteroatoms. The van der Waals surface area contributed by atoms with Gasteiger partial charge in [0.15, 0.2) is 0 Å². The Balaban J connectivity index is 1.31. The molecule has 1 aromatic rings. The average molecular weight is 431 g/mol. The van der Waals surface area contributed by atoms with Gasteiger partial charge in [0.2, 0.25) is 0 Å². The van der Waals surface area contributed by atoms with Gasteiger partial charge in [-0.25, -0.2) is 0 Å². The smallest absolute Gasteiger partial charge is 0.251 e. The third kappa shape index (κ3) is 4.82. The van der Waals surface area contributed by atoms with E-state index in [4.69, 9.17) is 0 Å². The summed E-state index contributed by atoms with van der Waals surface area (Å²) in [6.45, 7) is 3.23. The highest BCUT2D eigenvalue weighted by Crippen LogP contribution is 2.37. The summed E-state index contributed by atoms with van der Waals surface area (Å²) in [6.07, 6.45) is 6.58. The van der Waals surface area contributed by atoms with Gasteiger partial charge in [-0.3, -0.25) is 9.69 Å². The fourth-order valence-corrected chi connectivity index (χ4v) is 6.10. The number of aliphatic hydroxyl groups is 3. The van der Waals surface area contributed by atoms with Crippen molar-refractivity contribution in [1.82, 2.24) is 10.2 Å². The van der Waals surface area contributed by atoms with E-state index < -0.39 is 24.4 Å². The number of fused-ring (bicyclic) bond motifs is 1. The zero-order chi connectivity index (χ0) is 22.0. The minimum atomic E-state index is -0.982. The van der Waals surface area contributed by atoms with Gasteiger partial charge >= 0.3 is 0 Å². The summed E-state index contributed by atoms with van der Waals surface area (Å²) in [6, 6.07) is 7.15. The number of amides is 1. The number of benzene rings is 1. The SMILES string of the molecule is CCCC1CCC(c2ccc(C(=O)NC[C@@H]3[C@@H](O)[C@@H](O)[C@H]4[C@H](O)CCCN43)cc2)CC1. The van der Waals surface area contributed by atoms with Crippen LogP contribution in [0.2, 0.25) is 0 Å². The Labute approximate surface area is 185 Å². The Bertz CT molecular complexity index is 732. The van der Waals surface area contributed by atoms with E-state index in [1.165, 1.54) is 44.1 Å². The number of carbonyl (C=O) groups excluding carboxylic acids is 1. The molecule has 2 aliphatic heterocycles. The minimum absolute atomic E-state index is 0.166. The van der Waals surface area contributed by atoms with Gasteiger partial charge in [0.25, 0.3) is 5.91 Å². The van der Waals surface area contributed by atoms with Crippen LogP contribution in [-0.2, 0) is 0 Å². The van der Waals surface area contributed by atoms with Gasteiger partial charge < -0.3 is 20.6 Å². The second-order valence-corrected chi connectivity index (χ2v) is 9.82. The van der Waals surface area contributed by atoms with E-state index in [2.05, 4.69) is 24.4 Å². The largest absolute Gasteiger partial charge is 0.391 e. The monoisotopic (exact) mass is 430 g/mol. The van der Waals surface area contributed by atoms with Crippen LogP contribution in [0.3, 0.4) is 0 Å². The van der Waals surface area contributed by atoms with Gasteiger partial charge in [-0.15, -0.1) is 0 Å². The first-order valence-corrected chi connectivity index (χ1v) is 12.2. The van der Waals surface area contributed by atoms with Gasteiger partial charge in [0.1, 0.15) is 0 Å². The van der Waals surface area contributed by atoms with E-state index in [1.807, 2.05) is 17.0 Å². The topological polar surface area (TPSA) is 93.0 Å². The molecule has 0 bridgehead atoms. The van der Waals surface area contributed by atoms with Crippen molar-refractivity contribution in [2.45, 2.75) is 94.6 Å². The van der Waals surface area contributed by atoms with E-state index in [0.29, 0.717) is 24.4 Å². The number of nitrogens with zero attached hydrogens (tertiary/aromatic N) is 1. The summed E-state index contributed by atoms with van der Waals surface area (Å²) >= 11 is 0. The van der Waals surface area contributed by atoms with Gasteiger partial charge in [-0.05, 0) is 74.6 Å². The summed E-state index contributed by atoms with van der Waals surface area (Å²) in [7, 11) is 0. The van der Waals surface area contributed by atoms with Crippen molar-refractivity contribution in [2.75, 3.05) is 13.1 Å². The van der Waals surface area contributed by atoms with Crippen LogP contribution in [0.1, 0.15) is 80.1 Å². The number of rotatable bonds is 6. The van der Waals surface area contributed by atoms with Crippen LogP contribution in [0.15, 0.2) is 24.3 Å². The maximum absolute atomic E-state index is 12.7. The molecule has 0 unspecified atom stereocenters. The number of carbonyl (C=O) groups is 1. The average Bonchev–Trinajstić information content (AvgIpc) is 3.04. The molecule has 0 spiro atoms. The Hall–Kier alpha value is -1.47. The van der Waals surface area contributed by atoms with Crippen LogP contribution in [0.25, 0.3) is 0 Å². The zero-order valence-corrected chi connectivity index (χ0v) is 18.6. The predicted octanol–water partition coefficient (Wildman–Crippen LogP) is 2.42. The van der Waals surface area contributed by atoms with Gasteiger partial charge in [0, 0.05) is 12.1 Å². The number of aliphatic hydroxyl groups excluding tert-OH is 3. The normalized spacial score (nSPS) is 36.2. The molecule has 0 radical (unpaired) electrons. The molecule has 1 aromatic carbocycles. The second kappa shape index (κ2) is 9.99. The van der Waals surface area contributed by atoms with E-state index in [-0.39, 0.29) is 18.5 Å². The Morgan fingerprint density at radius 1 is 1.03 bits per heavy atom. The Morgan fingerprint density at radius 3 is 2.42 bits per heavy atom. The standard InChI is InChI=1S/C25H38N2O4/c1-2-4-16-6-8-17(9-7-16)18-10-12-19(13-11-18)25(31)26-15-20-23(29)24(30)22-21(28)5-3-14-27(20)22/h10-13,16-17,20-24,28-30H,2-9,14-15H2,1H3,(H,26,31)/t16?,17?,20-,21-,22-,23-,24+/m1/s1. The van der Waals surface area contributed by atoms with Crippen LogP contribution in [-0.4, -0.2) is 69.6 Å². The lowest BCUT2D eigenvalue weighted by molar-refractivity contribution is -0.0291. The Kier molecular flexibility index (Phi) is 7.32. The first-order chi connectivity index (χ1) is 15.0. The summed E-state index contributed by atoms with van der Waals surface area (Å²) in [5, 5.41) is 34.0. The Morgan fingerprint density at radius 2 is 1.74 bits per heavy atom. The van der Waals surface area contributed by atoms with E-state index in [0.717, 1.165) is 12.3 Å². The summed E-state index contributed by atoms with van der Waals surface area (Å²) in [5.41, 5.74) is 1.94. The molecule has 2 heterocycles. The van der Waals surface area contributed by atoms with Crippen molar-refractivity contribution >= 4 is 5.91 Å². The summed E-state index contributed by atoms with van der Waals surface area (Å²) in [4.78, 5) is 14.7. The first kappa shape index (κ1) is 22.7. The number of piperidine rings is 1. The lowest BCUT2D eigenvalue weighted by atomic mass is 9.77. The fraction of sp³-hybridized carbons (Fsp3) is 0.720. The molecule has 2 saturated heterocycles. The number of nitrogens with one attached hydrogen (secondary N) is 1. The van der Waals surface area contributed by atoms with Crippen LogP contribution >= 0.6 is 0 Å². The highest BCUT2D eigenvalue weighted by Gasteiger charge is 2.51. The van der Waals surface area contributed by atoms with Crippen LogP contribution in [0.4, 0.5) is 0 Å². The number of hydrogen-bond acceptors (Lipinski definition) is 5. The van der Waals surface area contributed by atoms with Crippen molar-refractivity contribution in [3.63, 3.8) is 0 Å². The van der Waals surface area contributed by atoms with Crippen LogP contribution < -0.4 is 5.32 Å². The number of hydrogen-bond donors (Lipinski definition) is 4. The fourth-order valence-electron chi connectivity index (χ4n) is 6.10. The molecule has 5 atom stereocenters. The van der Waals surface area contributed by atoms with Crippen molar-refractivity contribution in [3.8, 4) is 0 Å². The third-order valence-electron chi connectivity index (χ3n) is 7.87. The molecule has 1 amide bonds. The highest BCUT2D eigenvalue weighted by molar-refractivity contribution is 5.94.